The van der Waals surface area contributed by atoms with Gasteiger partial charge >= 0.3 is 18.2 Å². The van der Waals surface area contributed by atoms with Crippen molar-refractivity contribution >= 4 is 24.0 Å². The fourth-order valence-corrected chi connectivity index (χ4v) is 5.44. The van der Waals surface area contributed by atoms with E-state index in [2.05, 4.69) is 9.80 Å². The van der Waals surface area contributed by atoms with Crippen molar-refractivity contribution in [1.29, 1.82) is 5.41 Å². The molecule has 3 rings (SSSR count). The molecule has 12 heteroatoms. The van der Waals surface area contributed by atoms with Crippen LogP contribution in [0.15, 0.2) is 0 Å². The molecule has 3 saturated heterocycles. The van der Waals surface area contributed by atoms with Crippen molar-refractivity contribution in [3.8, 4) is 0 Å². The van der Waals surface area contributed by atoms with Gasteiger partial charge in [-0.05, 0) is 59.3 Å². The number of cyclic esters (lactones) is 1. The zero-order valence-corrected chi connectivity index (χ0v) is 22.6. The van der Waals surface area contributed by atoms with Crippen LogP contribution in [0, 0.1) is 11.3 Å². The molecule has 3 fully saturated rings. The maximum absolute atomic E-state index is 12.6. The van der Waals surface area contributed by atoms with Crippen molar-refractivity contribution < 1.29 is 29.0 Å². The van der Waals surface area contributed by atoms with Gasteiger partial charge in [0.15, 0.2) is 6.23 Å². The SMILES string of the molecule is CC1C(N2CCN(CCC(=O)O)CC2)OC(=O)N1CCCC1CCN(C(=O)OC(C)(C)C)C(C(=N)N)C1. The molecule has 0 radical (unpaired) electrons. The van der Waals surface area contributed by atoms with Crippen LogP contribution >= 0.6 is 0 Å². The number of piperidine rings is 1. The van der Waals surface area contributed by atoms with E-state index >= 15 is 0 Å². The Morgan fingerprint density at radius 1 is 1.16 bits per heavy atom. The highest BCUT2D eigenvalue weighted by atomic mass is 16.6. The number of nitrogens with two attached hydrogens (primary N) is 1. The maximum atomic E-state index is 12.6. The summed E-state index contributed by atoms with van der Waals surface area (Å²) in [4.78, 5) is 43.7. The number of amidine groups is 1. The highest BCUT2D eigenvalue weighted by molar-refractivity contribution is 5.86. The molecule has 0 aromatic heterocycles. The van der Waals surface area contributed by atoms with Crippen molar-refractivity contribution in [3.63, 3.8) is 0 Å². The summed E-state index contributed by atoms with van der Waals surface area (Å²) >= 11 is 0. The number of rotatable bonds is 9. The van der Waals surface area contributed by atoms with Gasteiger partial charge in [-0.1, -0.05) is 0 Å². The zero-order chi connectivity index (χ0) is 27.3. The molecule has 12 nitrogen and oxygen atoms in total. The van der Waals surface area contributed by atoms with Gasteiger partial charge in [0, 0.05) is 45.8 Å². The minimum atomic E-state index is -0.790. The molecule has 2 amide bonds. The number of amides is 2. The summed E-state index contributed by atoms with van der Waals surface area (Å²) in [5.41, 5.74) is 5.23. The first-order valence-electron chi connectivity index (χ1n) is 13.3. The molecule has 3 heterocycles. The number of carbonyl (C=O) groups is 3. The van der Waals surface area contributed by atoms with Gasteiger partial charge in [0.05, 0.1) is 18.5 Å². The lowest BCUT2D eigenvalue weighted by Gasteiger charge is -2.39. The average Bonchev–Trinajstić information content (AvgIpc) is 3.10. The summed E-state index contributed by atoms with van der Waals surface area (Å²) in [6.45, 7) is 12.1. The van der Waals surface area contributed by atoms with Crippen LogP contribution in [0.3, 0.4) is 0 Å². The largest absolute Gasteiger partial charge is 0.481 e. The van der Waals surface area contributed by atoms with E-state index < -0.39 is 23.7 Å². The lowest BCUT2D eigenvalue weighted by atomic mass is 9.87. The number of carboxylic acids is 1. The van der Waals surface area contributed by atoms with Crippen molar-refractivity contribution in [2.75, 3.05) is 45.8 Å². The van der Waals surface area contributed by atoms with Crippen LogP contribution in [0.5, 0.6) is 0 Å². The van der Waals surface area contributed by atoms with Gasteiger partial charge < -0.3 is 30.1 Å². The Labute approximate surface area is 219 Å². The minimum absolute atomic E-state index is 0.0294. The molecule has 0 aliphatic carbocycles. The van der Waals surface area contributed by atoms with Crippen LogP contribution in [0.25, 0.3) is 0 Å². The number of hydrogen-bond donors (Lipinski definition) is 3. The predicted molar refractivity (Wildman–Crippen MR) is 137 cm³/mol. The van der Waals surface area contributed by atoms with Crippen molar-refractivity contribution in [1.82, 2.24) is 19.6 Å². The second kappa shape index (κ2) is 12.3. The summed E-state index contributed by atoms with van der Waals surface area (Å²) in [7, 11) is 0. The summed E-state index contributed by atoms with van der Waals surface area (Å²) in [6, 6.07) is -0.542. The second-order valence-corrected chi connectivity index (χ2v) is 11.4. The molecule has 0 aromatic rings. The van der Waals surface area contributed by atoms with Crippen LogP contribution in [0.4, 0.5) is 9.59 Å². The fourth-order valence-electron chi connectivity index (χ4n) is 5.44. The number of nitrogens with one attached hydrogen (secondary N) is 1. The van der Waals surface area contributed by atoms with E-state index in [1.54, 1.807) is 9.80 Å². The third-order valence-electron chi connectivity index (χ3n) is 7.48. The molecular weight excluding hydrogens is 480 g/mol. The van der Waals surface area contributed by atoms with E-state index in [0.717, 1.165) is 45.4 Å². The van der Waals surface area contributed by atoms with E-state index in [0.29, 0.717) is 32.0 Å². The summed E-state index contributed by atoms with van der Waals surface area (Å²) in [6.07, 6.45) is 2.19. The number of carbonyl (C=O) groups excluding carboxylic acids is 2. The smallest absolute Gasteiger partial charge is 0.411 e. The third kappa shape index (κ3) is 7.94. The summed E-state index contributed by atoms with van der Waals surface area (Å²) < 4.78 is 11.2. The van der Waals surface area contributed by atoms with Crippen molar-refractivity contribution in [3.05, 3.63) is 0 Å². The van der Waals surface area contributed by atoms with Gasteiger partial charge in [-0.2, -0.15) is 0 Å². The lowest BCUT2D eigenvalue weighted by Crippen LogP contribution is -2.54. The molecule has 0 aromatic carbocycles. The van der Waals surface area contributed by atoms with E-state index in [4.69, 9.17) is 25.7 Å². The van der Waals surface area contributed by atoms with Crippen LogP contribution in [-0.4, -0.2) is 118 Å². The molecule has 4 N–H and O–H groups in total. The van der Waals surface area contributed by atoms with Gasteiger partial charge in [-0.25, -0.2) is 9.59 Å². The molecule has 0 saturated carbocycles. The van der Waals surface area contributed by atoms with Crippen LogP contribution in [0.2, 0.25) is 0 Å². The topological polar surface area (TPSA) is 153 Å². The number of ether oxygens (including phenoxy) is 2. The summed E-state index contributed by atoms with van der Waals surface area (Å²) in [5, 5.41) is 16.9. The Balaban J connectivity index is 1.44. The van der Waals surface area contributed by atoms with Gasteiger partial charge in [-0.3, -0.25) is 20.0 Å². The minimum Gasteiger partial charge on any atom is -0.481 e. The second-order valence-electron chi connectivity index (χ2n) is 11.4. The summed E-state index contributed by atoms with van der Waals surface area (Å²) in [5.74, 6) is -0.517. The van der Waals surface area contributed by atoms with Gasteiger partial charge in [0.25, 0.3) is 0 Å². The van der Waals surface area contributed by atoms with Crippen molar-refractivity contribution in [2.24, 2.45) is 11.7 Å². The molecule has 37 heavy (non-hydrogen) atoms. The standard InChI is InChI=1S/C25H44N6O6/c1-17-22(29-14-12-28(13-15-29)10-8-20(32)33)36-23(34)30(17)9-5-6-18-7-11-31(19(16-18)21(26)27)24(35)37-25(2,3)4/h17-19,22H,5-16H2,1-4H3,(H3,26,27)(H,32,33). The molecule has 210 valence electrons. The number of carboxylic acid groups (broad SMARTS) is 1. The normalized spacial score (nSPS) is 27.7. The Morgan fingerprint density at radius 3 is 2.43 bits per heavy atom. The zero-order valence-electron chi connectivity index (χ0n) is 22.6. The number of nitrogens with zero attached hydrogens (tertiary/aromatic N) is 4. The van der Waals surface area contributed by atoms with Gasteiger partial charge in [-0.15, -0.1) is 0 Å². The Hall–Kier alpha value is -2.60. The van der Waals surface area contributed by atoms with Gasteiger partial charge in [0.1, 0.15) is 11.4 Å². The number of hydrogen-bond acceptors (Lipinski definition) is 8. The first-order chi connectivity index (χ1) is 17.4. The number of likely N-dealkylation sites (tertiary alicyclic amines) is 1. The maximum Gasteiger partial charge on any atom is 0.411 e. The first kappa shape index (κ1) is 29.0. The van der Waals surface area contributed by atoms with Gasteiger partial charge in [0.2, 0.25) is 0 Å². The van der Waals surface area contributed by atoms with E-state index in [-0.39, 0.29) is 30.6 Å². The van der Waals surface area contributed by atoms with Crippen LogP contribution in [-0.2, 0) is 14.3 Å². The molecule has 4 atom stereocenters. The number of piperazine rings is 1. The third-order valence-corrected chi connectivity index (χ3v) is 7.48. The molecular formula is C25H44N6O6. The lowest BCUT2D eigenvalue weighted by molar-refractivity contribution is -0.137. The van der Waals surface area contributed by atoms with Crippen molar-refractivity contribution in [2.45, 2.75) is 83.7 Å². The Morgan fingerprint density at radius 2 is 1.84 bits per heavy atom. The molecule has 0 spiro atoms. The molecule has 4 unspecified atom stereocenters. The van der Waals surface area contributed by atoms with E-state index in [1.807, 2.05) is 27.7 Å². The highest BCUT2D eigenvalue weighted by Crippen LogP contribution is 2.29. The van der Waals surface area contributed by atoms with E-state index in [9.17, 15) is 14.4 Å². The molecule has 0 bridgehead atoms. The van der Waals surface area contributed by atoms with E-state index in [1.165, 1.54) is 0 Å². The first-order valence-corrected chi connectivity index (χ1v) is 13.3. The fraction of sp³-hybridized carbons (Fsp3) is 0.840. The monoisotopic (exact) mass is 524 g/mol. The molecule has 3 aliphatic heterocycles. The average molecular weight is 525 g/mol. The van der Waals surface area contributed by atoms with Crippen LogP contribution < -0.4 is 5.73 Å². The van der Waals surface area contributed by atoms with Crippen LogP contribution in [0.1, 0.15) is 59.8 Å². The Kier molecular flexibility index (Phi) is 9.63. The number of aliphatic carboxylic acids is 1. The predicted octanol–water partition coefficient (Wildman–Crippen LogP) is 1.98. The Bertz CT molecular complexity index is 840. The molecule has 3 aliphatic rings. The highest BCUT2D eigenvalue weighted by Gasteiger charge is 2.43. The quantitative estimate of drug-likeness (QED) is 0.303.